The van der Waals surface area contributed by atoms with E-state index in [0.717, 1.165) is 21.4 Å². The summed E-state index contributed by atoms with van der Waals surface area (Å²) in [5.41, 5.74) is 1.64. The van der Waals surface area contributed by atoms with Gasteiger partial charge in [0.05, 0.1) is 0 Å². The zero-order chi connectivity index (χ0) is 13.4. The highest BCUT2D eigenvalue weighted by Crippen LogP contribution is 2.33. The van der Waals surface area contributed by atoms with Crippen LogP contribution in [-0.4, -0.2) is 5.11 Å². The first-order valence-corrected chi connectivity index (χ1v) is 6.95. The van der Waals surface area contributed by atoms with Crippen molar-refractivity contribution in [2.45, 2.75) is 13.0 Å². The Morgan fingerprint density at radius 2 is 1.74 bits per heavy atom. The molecule has 1 N–H and O–H groups in total. The van der Waals surface area contributed by atoms with Gasteiger partial charge in [0.2, 0.25) is 0 Å². The molecule has 0 saturated carbocycles. The summed E-state index contributed by atoms with van der Waals surface area (Å²) < 4.78 is 13.8. The molecule has 19 heavy (non-hydrogen) atoms. The fraction of sp³-hybridized carbons (Fsp3) is 0.125. The average molecular weight is 272 g/mol. The minimum absolute atomic E-state index is 0.256. The van der Waals surface area contributed by atoms with Crippen molar-refractivity contribution < 1.29 is 9.50 Å². The number of aliphatic hydroxyl groups is 1. The highest BCUT2D eigenvalue weighted by Gasteiger charge is 2.17. The van der Waals surface area contributed by atoms with Gasteiger partial charge in [0.15, 0.2) is 0 Å². The normalized spacial score (nSPS) is 12.8. The lowest BCUT2D eigenvalue weighted by atomic mass is 9.96. The lowest BCUT2D eigenvalue weighted by Gasteiger charge is -2.14. The maximum Gasteiger partial charge on any atom is 0.131 e. The van der Waals surface area contributed by atoms with Crippen LogP contribution in [0.5, 0.6) is 0 Å². The molecule has 3 heteroatoms. The fourth-order valence-electron chi connectivity index (χ4n) is 2.37. The second-order valence-corrected chi connectivity index (χ2v) is 5.64. The molecule has 3 aromatic rings. The van der Waals surface area contributed by atoms with E-state index < -0.39 is 6.10 Å². The highest BCUT2D eigenvalue weighted by atomic mass is 32.1. The standard InChI is InChI=1S/C16H13FOS/c1-10-11(8-9-19-10)16(18)14-6-7-15(17)13-5-3-2-4-12(13)14/h2-9,16,18H,1H3. The Bertz CT molecular complexity index is 732. The van der Waals surface area contributed by atoms with E-state index in [4.69, 9.17) is 0 Å². The first kappa shape index (κ1) is 12.3. The van der Waals surface area contributed by atoms with Gasteiger partial charge in [0.1, 0.15) is 11.9 Å². The summed E-state index contributed by atoms with van der Waals surface area (Å²) in [7, 11) is 0. The topological polar surface area (TPSA) is 20.2 Å². The van der Waals surface area contributed by atoms with Gasteiger partial charge in [-0.05, 0) is 40.9 Å². The predicted molar refractivity (Wildman–Crippen MR) is 77.0 cm³/mol. The highest BCUT2D eigenvalue weighted by molar-refractivity contribution is 7.10. The molecule has 0 saturated heterocycles. The maximum absolute atomic E-state index is 13.8. The van der Waals surface area contributed by atoms with Crippen molar-refractivity contribution in [2.24, 2.45) is 0 Å². The second-order valence-electron chi connectivity index (χ2n) is 4.52. The smallest absolute Gasteiger partial charge is 0.131 e. The van der Waals surface area contributed by atoms with Crippen molar-refractivity contribution in [3.8, 4) is 0 Å². The van der Waals surface area contributed by atoms with Gasteiger partial charge < -0.3 is 5.11 Å². The average Bonchev–Trinajstić information content (AvgIpc) is 2.85. The van der Waals surface area contributed by atoms with E-state index in [-0.39, 0.29) is 5.82 Å². The van der Waals surface area contributed by atoms with Gasteiger partial charge in [-0.25, -0.2) is 4.39 Å². The predicted octanol–water partition coefficient (Wildman–Crippen LogP) is 4.43. The van der Waals surface area contributed by atoms with Gasteiger partial charge in [0.25, 0.3) is 0 Å². The quantitative estimate of drug-likeness (QED) is 0.731. The first-order chi connectivity index (χ1) is 9.18. The molecule has 1 nitrogen and oxygen atoms in total. The summed E-state index contributed by atoms with van der Waals surface area (Å²) in [6.07, 6.45) is -0.711. The fourth-order valence-corrected chi connectivity index (χ4v) is 3.10. The number of thiophene rings is 1. The number of hydrogen-bond acceptors (Lipinski definition) is 2. The minimum Gasteiger partial charge on any atom is -0.384 e. The van der Waals surface area contributed by atoms with E-state index in [2.05, 4.69) is 0 Å². The van der Waals surface area contributed by atoms with Gasteiger partial charge >= 0.3 is 0 Å². The number of rotatable bonds is 2. The monoisotopic (exact) mass is 272 g/mol. The molecule has 96 valence electrons. The molecule has 0 aliphatic heterocycles. The molecule has 1 aromatic heterocycles. The van der Waals surface area contributed by atoms with Gasteiger partial charge in [-0.3, -0.25) is 0 Å². The Hall–Kier alpha value is -1.71. The van der Waals surface area contributed by atoms with Crippen LogP contribution in [0, 0.1) is 12.7 Å². The lowest BCUT2D eigenvalue weighted by molar-refractivity contribution is 0.221. The molecule has 1 unspecified atom stereocenters. The van der Waals surface area contributed by atoms with Crippen LogP contribution in [0.2, 0.25) is 0 Å². The molecule has 0 amide bonds. The summed E-state index contributed by atoms with van der Waals surface area (Å²) in [5.74, 6) is -0.256. The molecule has 1 heterocycles. The molecular formula is C16H13FOS. The Morgan fingerprint density at radius 1 is 1.00 bits per heavy atom. The largest absolute Gasteiger partial charge is 0.384 e. The van der Waals surface area contributed by atoms with Crippen molar-refractivity contribution in [3.63, 3.8) is 0 Å². The summed E-state index contributed by atoms with van der Waals surface area (Å²) in [6, 6.07) is 12.3. The number of hydrogen-bond donors (Lipinski definition) is 1. The van der Waals surface area contributed by atoms with Gasteiger partial charge in [-0.1, -0.05) is 30.3 Å². The Balaban J connectivity index is 2.21. The van der Waals surface area contributed by atoms with Crippen molar-refractivity contribution in [1.82, 2.24) is 0 Å². The lowest BCUT2D eigenvalue weighted by Crippen LogP contribution is -2.01. The van der Waals surface area contributed by atoms with Crippen molar-refractivity contribution in [3.05, 3.63) is 69.7 Å². The zero-order valence-electron chi connectivity index (χ0n) is 10.4. The number of aliphatic hydroxyl groups excluding tert-OH is 1. The maximum atomic E-state index is 13.8. The molecule has 2 aromatic carbocycles. The van der Waals surface area contributed by atoms with Crippen LogP contribution in [-0.2, 0) is 0 Å². The van der Waals surface area contributed by atoms with Gasteiger partial charge in [0, 0.05) is 10.3 Å². The minimum atomic E-state index is -0.711. The second kappa shape index (κ2) is 4.76. The third-order valence-corrected chi connectivity index (χ3v) is 4.25. The van der Waals surface area contributed by atoms with Crippen LogP contribution in [0.25, 0.3) is 10.8 Å². The Kier molecular flexibility index (Phi) is 3.09. The van der Waals surface area contributed by atoms with Crippen LogP contribution in [0.1, 0.15) is 22.1 Å². The number of fused-ring (bicyclic) bond motifs is 1. The van der Waals surface area contributed by atoms with Crippen LogP contribution in [0.15, 0.2) is 47.8 Å². The number of benzene rings is 2. The van der Waals surface area contributed by atoms with E-state index in [0.29, 0.717) is 5.39 Å². The summed E-state index contributed by atoms with van der Waals surface area (Å²) in [6.45, 7) is 1.98. The molecule has 0 fully saturated rings. The number of aryl methyl sites for hydroxylation is 1. The van der Waals surface area contributed by atoms with Crippen LogP contribution in [0.4, 0.5) is 4.39 Å². The third kappa shape index (κ3) is 2.05. The Labute approximate surface area is 115 Å². The van der Waals surface area contributed by atoms with Crippen molar-refractivity contribution in [2.75, 3.05) is 0 Å². The molecular weight excluding hydrogens is 259 g/mol. The summed E-state index contributed by atoms with van der Waals surface area (Å²) in [5, 5.41) is 13.8. The van der Waals surface area contributed by atoms with Crippen LogP contribution < -0.4 is 0 Å². The molecule has 0 aliphatic rings. The number of halogens is 1. The first-order valence-electron chi connectivity index (χ1n) is 6.07. The Morgan fingerprint density at radius 3 is 2.42 bits per heavy atom. The molecule has 3 rings (SSSR count). The van der Waals surface area contributed by atoms with E-state index in [1.54, 1.807) is 29.5 Å². The van der Waals surface area contributed by atoms with E-state index >= 15 is 0 Å². The van der Waals surface area contributed by atoms with E-state index in [1.807, 2.05) is 30.5 Å². The SMILES string of the molecule is Cc1sccc1C(O)c1ccc(F)c2ccccc12. The van der Waals surface area contributed by atoms with Crippen LogP contribution >= 0.6 is 11.3 Å². The van der Waals surface area contributed by atoms with E-state index in [1.165, 1.54) is 6.07 Å². The molecule has 0 aliphatic carbocycles. The molecule has 0 spiro atoms. The van der Waals surface area contributed by atoms with Crippen molar-refractivity contribution in [1.29, 1.82) is 0 Å². The van der Waals surface area contributed by atoms with Crippen LogP contribution in [0.3, 0.4) is 0 Å². The molecule has 1 atom stereocenters. The third-order valence-electron chi connectivity index (χ3n) is 3.39. The summed E-state index contributed by atoms with van der Waals surface area (Å²) in [4.78, 5) is 1.08. The van der Waals surface area contributed by atoms with Gasteiger partial charge in [-0.2, -0.15) is 0 Å². The zero-order valence-corrected chi connectivity index (χ0v) is 11.2. The molecule has 0 bridgehead atoms. The van der Waals surface area contributed by atoms with E-state index in [9.17, 15) is 9.50 Å². The van der Waals surface area contributed by atoms with Crippen molar-refractivity contribution >= 4 is 22.1 Å². The summed E-state index contributed by atoms with van der Waals surface area (Å²) >= 11 is 1.60. The van der Waals surface area contributed by atoms with Gasteiger partial charge in [-0.15, -0.1) is 11.3 Å². The molecule has 0 radical (unpaired) electrons.